The van der Waals surface area contributed by atoms with Gasteiger partial charge >= 0.3 is 0 Å². The first-order chi connectivity index (χ1) is 11.1. The normalized spacial score (nSPS) is 11.8. The number of anilines is 1. The maximum absolute atomic E-state index is 12.9. The molecular weight excluding hydrogens is 284 g/mol. The highest BCUT2D eigenvalue weighted by molar-refractivity contribution is 5.86. The minimum absolute atomic E-state index is 0.111. The van der Waals surface area contributed by atoms with Crippen molar-refractivity contribution in [1.82, 2.24) is 4.90 Å². The van der Waals surface area contributed by atoms with Crippen LogP contribution >= 0.6 is 0 Å². The molecule has 1 unspecified atom stereocenters. The van der Waals surface area contributed by atoms with Gasteiger partial charge in [-0.2, -0.15) is 0 Å². The smallest absolute Gasteiger partial charge is 0.249 e. The number of amides is 1. The molecule has 122 valence electrons. The quantitative estimate of drug-likeness (QED) is 0.861. The summed E-state index contributed by atoms with van der Waals surface area (Å²) in [4.78, 5) is 14.8. The lowest BCUT2D eigenvalue weighted by molar-refractivity contribution is -0.131. The third kappa shape index (κ3) is 4.13. The molecule has 0 bridgehead atoms. The lowest BCUT2D eigenvalue weighted by Crippen LogP contribution is -2.37. The molecule has 3 nitrogen and oxygen atoms in total. The Bertz CT molecular complexity index is 648. The lowest BCUT2D eigenvalue weighted by Gasteiger charge is -2.27. The number of hydrogen-bond acceptors (Lipinski definition) is 2. The highest BCUT2D eigenvalue weighted by Crippen LogP contribution is 2.23. The van der Waals surface area contributed by atoms with Gasteiger partial charge in [-0.15, -0.1) is 0 Å². The van der Waals surface area contributed by atoms with Gasteiger partial charge in [0.05, 0.1) is 0 Å². The molecule has 0 saturated heterocycles. The average Bonchev–Trinajstić information content (AvgIpc) is 2.57. The number of rotatable bonds is 6. The molecular formula is C20H26N2O. The van der Waals surface area contributed by atoms with E-state index in [4.69, 9.17) is 0 Å². The van der Waals surface area contributed by atoms with Crippen LogP contribution in [0.1, 0.15) is 36.6 Å². The Morgan fingerprint density at radius 3 is 2.22 bits per heavy atom. The van der Waals surface area contributed by atoms with Gasteiger partial charge in [0.25, 0.3) is 0 Å². The lowest BCUT2D eigenvalue weighted by atomic mass is 10.0. The number of carbonyl (C=O) groups excluding carboxylic acids is 1. The first-order valence-corrected chi connectivity index (χ1v) is 8.24. The molecule has 0 aliphatic heterocycles. The third-order valence-electron chi connectivity index (χ3n) is 4.27. The number of nitrogens with zero attached hydrogens (tertiary/aromatic N) is 1. The first kappa shape index (κ1) is 17.1. The molecule has 2 rings (SSSR count). The summed E-state index contributed by atoms with van der Waals surface area (Å²) in [7, 11) is 0. The SMILES string of the molecule is CCN(CC)C(=O)C(Nc1ccc(C)c(C)c1)c1ccccc1. The standard InChI is InChI=1S/C20H26N2O/c1-5-22(6-2)20(23)19(17-10-8-7-9-11-17)21-18-13-12-15(3)16(4)14-18/h7-14,19,21H,5-6H2,1-4H3. The summed E-state index contributed by atoms with van der Waals surface area (Å²) in [6.45, 7) is 9.64. The fourth-order valence-electron chi connectivity index (χ4n) is 2.65. The predicted molar refractivity (Wildman–Crippen MR) is 96.6 cm³/mol. The molecule has 2 aromatic rings. The second-order valence-electron chi connectivity index (χ2n) is 5.80. The molecule has 0 aliphatic rings. The van der Waals surface area contributed by atoms with Gasteiger partial charge in [0, 0.05) is 18.8 Å². The number of nitrogens with one attached hydrogen (secondary N) is 1. The van der Waals surface area contributed by atoms with Crippen LogP contribution in [0.4, 0.5) is 5.69 Å². The van der Waals surface area contributed by atoms with E-state index in [0.29, 0.717) is 13.1 Å². The highest BCUT2D eigenvalue weighted by atomic mass is 16.2. The van der Waals surface area contributed by atoms with E-state index in [1.54, 1.807) is 0 Å². The number of aryl methyl sites for hydroxylation is 2. The molecule has 0 saturated carbocycles. The summed E-state index contributed by atoms with van der Waals surface area (Å²) in [6.07, 6.45) is 0. The van der Waals surface area contributed by atoms with Crippen molar-refractivity contribution < 1.29 is 4.79 Å². The topological polar surface area (TPSA) is 32.3 Å². The van der Waals surface area contributed by atoms with E-state index in [0.717, 1.165) is 11.3 Å². The second kappa shape index (κ2) is 7.82. The van der Waals surface area contributed by atoms with Gasteiger partial charge in [-0.3, -0.25) is 4.79 Å². The molecule has 1 N–H and O–H groups in total. The van der Waals surface area contributed by atoms with Gasteiger partial charge in [-0.05, 0) is 56.5 Å². The van der Waals surface area contributed by atoms with Crippen molar-refractivity contribution in [3.63, 3.8) is 0 Å². The predicted octanol–water partition coefficient (Wildman–Crippen LogP) is 4.33. The zero-order valence-electron chi connectivity index (χ0n) is 14.5. The van der Waals surface area contributed by atoms with Crippen LogP contribution in [-0.2, 0) is 4.79 Å². The Hall–Kier alpha value is -2.29. The summed E-state index contributed by atoms with van der Waals surface area (Å²) in [6, 6.07) is 15.8. The highest BCUT2D eigenvalue weighted by Gasteiger charge is 2.24. The maximum atomic E-state index is 12.9. The number of hydrogen-bond donors (Lipinski definition) is 1. The summed E-state index contributed by atoms with van der Waals surface area (Å²) in [5, 5.41) is 3.42. The zero-order chi connectivity index (χ0) is 16.8. The molecule has 0 heterocycles. The number of likely N-dealkylation sites (N-methyl/N-ethyl adjacent to an activating group) is 1. The van der Waals surface area contributed by atoms with Crippen molar-refractivity contribution in [2.45, 2.75) is 33.7 Å². The van der Waals surface area contributed by atoms with Crippen LogP contribution in [0.2, 0.25) is 0 Å². The van der Waals surface area contributed by atoms with Gasteiger partial charge in [-0.25, -0.2) is 0 Å². The molecule has 1 atom stereocenters. The molecule has 0 spiro atoms. The van der Waals surface area contributed by atoms with Gasteiger partial charge in [-0.1, -0.05) is 36.4 Å². The van der Waals surface area contributed by atoms with Crippen LogP contribution in [0.5, 0.6) is 0 Å². The van der Waals surface area contributed by atoms with Crippen molar-refractivity contribution in [2.75, 3.05) is 18.4 Å². The van der Waals surface area contributed by atoms with Crippen molar-refractivity contribution >= 4 is 11.6 Å². The fourth-order valence-corrected chi connectivity index (χ4v) is 2.65. The van der Waals surface area contributed by atoms with Gasteiger partial charge in [0.1, 0.15) is 6.04 Å². The first-order valence-electron chi connectivity index (χ1n) is 8.24. The van der Waals surface area contributed by atoms with Gasteiger partial charge in [0.15, 0.2) is 0 Å². The number of benzene rings is 2. The summed E-state index contributed by atoms with van der Waals surface area (Å²) >= 11 is 0. The van der Waals surface area contributed by atoms with E-state index in [1.807, 2.05) is 55.1 Å². The fraction of sp³-hybridized carbons (Fsp3) is 0.350. The Labute approximate surface area is 139 Å². The minimum Gasteiger partial charge on any atom is -0.370 e. The van der Waals surface area contributed by atoms with Crippen molar-refractivity contribution in [3.05, 3.63) is 65.2 Å². The molecule has 23 heavy (non-hydrogen) atoms. The van der Waals surface area contributed by atoms with E-state index in [9.17, 15) is 4.79 Å². The Morgan fingerprint density at radius 2 is 1.65 bits per heavy atom. The zero-order valence-corrected chi connectivity index (χ0v) is 14.5. The number of carbonyl (C=O) groups is 1. The van der Waals surface area contributed by atoms with Crippen LogP contribution in [0.15, 0.2) is 48.5 Å². The van der Waals surface area contributed by atoms with Crippen molar-refractivity contribution in [2.24, 2.45) is 0 Å². The molecule has 0 aromatic heterocycles. The van der Waals surface area contributed by atoms with E-state index in [-0.39, 0.29) is 11.9 Å². The van der Waals surface area contributed by atoms with E-state index in [1.165, 1.54) is 11.1 Å². The van der Waals surface area contributed by atoms with Gasteiger partial charge in [0.2, 0.25) is 5.91 Å². The Balaban J connectivity index is 2.33. The van der Waals surface area contributed by atoms with Crippen LogP contribution in [-0.4, -0.2) is 23.9 Å². The van der Waals surface area contributed by atoms with E-state index < -0.39 is 0 Å². The van der Waals surface area contributed by atoms with Crippen molar-refractivity contribution in [3.8, 4) is 0 Å². The van der Waals surface area contributed by atoms with Crippen LogP contribution in [0.3, 0.4) is 0 Å². The second-order valence-corrected chi connectivity index (χ2v) is 5.80. The van der Waals surface area contributed by atoms with Crippen LogP contribution in [0, 0.1) is 13.8 Å². The summed E-state index contributed by atoms with van der Waals surface area (Å²) in [5.74, 6) is 0.111. The molecule has 0 aliphatic carbocycles. The molecule has 1 amide bonds. The monoisotopic (exact) mass is 310 g/mol. The average molecular weight is 310 g/mol. The minimum atomic E-state index is -0.363. The Morgan fingerprint density at radius 1 is 1.00 bits per heavy atom. The van der Waals surface area contributed by atoms with Crippen LogP contribution in [0.25, 0.3) is 0 Å². The maximum Gasteiger partial charge on any atom is 0.249 e. The summed E-state index contributed by atoms with van der Waals surface area (Å²) in [5.41, 5.74) is 4.43. The molecule has 0 fully saturated rings. The Kier molecular flexibility index (Phi) is 5.80. The van der Waals surface area contributed by atoms with Crippen LogP contribution < -0.4 is 5.32 Å². The largest absolute Gasteiger partial charge is 0.370 e. The van der Waals surface area contributed by atoms with Crippen molar-refractivity contribution in [1.29, 1.82) is 0 Å². The van der Waals surface area contributed by atoms with Gasteiger partial charge < -0.3 is 10.2 Å². The third-order valence-corrected chi connectivity index (χ3v) is 4.27. The van der Waals surface area contributed by atoms with E-state index >= 15 is 0 Å². The molecule has 3 heteroatoms. The summed E-state index contributed by atoms with van der Waals surface area (Å²) < 4.78 is 0. The molecule has 0 radical (unpaired) electrons. The van der Waals surface area contributed by atoms with E-state index in [2.05, 4.69) is 31.3 Å². The molecule has 2 aromatic carbocycles.